The second-order valence-corrected chi connectivity index (χ2v) is 3.45. The number of halogens is 3. The number of aromatic nitrogens is 1. The van der Waals surface area contributed by atoms with Gasteiger partial charge in [0.25, 0.3) is 0 Å². The second-order valence-electron chi connectivity index (χ2n) is 3.45. The van der Waals surface area contributed by atoms with Crippen molar-refractivity contribution in [2.24, 2.45) is 0 Å². The van der Waals surface area contributed by atoms with Gasteiger partial charge in [0.2, 0.25) is 0 Å². The molecule has 0 saturated heterocycles. The molecule has 0 aliphatic heterocycles. The normalized spacial score (nSPS) is 11.2. The highest BCUT2D eigenvalue weighted by atomic mass is 19.4. The van der Waals surface area contributed by atoms with E-state index >= 15 is 0 Å². The number of ether oxygens (including phenoxy) is 1. The molecule has 0 spiro atoms. The smallest absolute Gasteiger partial charge is 0.481 e. The molecule has 0 amide bonds. The summed E-state index contributed by atoms with van der Waals surface area (Å²) < 4.78 is 39.7. The number of nitro groups is 1. The third-order valence-electron chi connectivity index (χ3n) is 2.06. The lowest BCUT2D eigenvalue weighted by Crippen LogP contribution is -2.20. The van der Waals surface area contributed by atoms with Gasteiger partial charge in [-0.15, -0.1) is 13.2 Å². The molecule has 10 heteroatoms. The molecule has 0 aromatic carbocycles. The Labute approximate surface area is 103 Å². The molecule has 104 valence electrons. The Morgan fingerprint density at radius 1 is 1.58 bits per heavy atom. The molecule has 0 saturated carbocycles. The molecule has 0 aliphatic rings. The number of carboxylic acid groups (broad SMARTS) is 1. The average Bonchev–Trinajstić information content (AvgIpc) is 2.19. The van der Waals surface area contributed by atoms with E-state index in [0.29, 0.717) is 0 Å². The average molecular weight is 280 g/mol. The van der Waals surface area contributed by atoms with Gasteiger partial charge in [0.05, 0.1) is 16.9 Å². The first kappa shape index (κ1) is 14.7. The Hall–Kier alpha value is -2.39. The first-order valence-electron chi connectivity index (χ1n) is 4.72. The van der Waals surface area contributed by atoms with Crippen molar-refractivity contribution >= 4 is 11.7 Å². The summed E-state index contributed by atoms with van der Waals surface area (Å²) in [6, 6.07) is 0. The number of alkyl halides is 3. The van der Waals surface area contributed by atoms with Crippen molar-refractivity contribution in [2.75, 3.05) is 0 Å². The minimum Gasteiger partial charge on any atom is -0.481 e. The Bertz CT molecular complexity index is 529. The third kappa shape index (κ3) is 3.79. The standard InChI is InChI=1S/C9H7F3N2O5/c1-4-3-13-8(19-9(10,11)12)7(14(17)18)5(4)2-6(15)16/h3H,2H2,1H3,(H,15,16). The maximum atomic E-state index is 12.1. The third-order valence-corrected chi connectivity index (χ3v) is 2.06. The van der Waals surface area contributed by atoms with Crippen LogP contribution in [0.15, 0.2) is 6.20 Å². The number of hydrogen-bond acceptors (Lipinski definition) is 5. The van der Waals surface area contributed by atoms with Gasteiger partial charge in [0, 0.05) is 6.20 Å². The van der Waals surface area contributed by atoms with E-state index in [1.165, 1.54) is 6.92 Å². The molecule has 0 bridgehead atoms. The molecule has 1 rings (SSSR count). The first-order chi connectivity index (χ1) is 8.61. The maximum absolute atomic E-state index is 12.1. The number of hydrogen-bond donors (Lipinski definition) is 1. The van der Waals surface area contributed by atoms with Crippen LogP contribution in [-0.4, -0.2) is 27.3 Å². The summed E-state index contributed by atoms with van der Waals surface area (Å²) in [5, 5.41) is 19.4. The summed E-state index contributed by atoms with van der Waals surface area (Å²) >= 11 is 0. The molecule has 1 aromatic rings. The lowest BCUT2D eigenvalue weighted by molar-refractivity contribution is -0.389. The zero-order chi connectivity index (χ0) is 14.8. The SMILES string of the molecule is Cc1cnc(OC(F)(F)F)c([N+](=O)[O-])c1CC(=O)O. The van der Waals surface area contributed by atoms with E-state index < -0.39 is 35.2 Å². The van der Waals surface area contributed by atoms with Gasteiger partial charge in [-0.1, -0.05) is 0 Å². The van der Waals surface area contributed by atoms with Crippen LogP contribution in [0.3, 0.4) is 0 Å². The Morgan fingerprint density at radius 3 is 2.58 bits per heavy atom. The molecule has 0 fully saturated rings. The van der Waals surface area contributed by atoms with Gasteiger partial charge in [0.1, 0.15) is 0 Å². The van der Waals surface area contributed by atoms with E-state index in [9.17, 15) is 28.1 Å². The Kier molecular flexibility index (Phi) is 3.92. The Morgan fingerprint density at radius 2 is 2.16 bits per heavy atom. The van der Waals surface area contributed by atoms with E-state index in [4.69, 9.17) is 5.11 Å². The molecule has 0 radical (unpaired) electrons. The van der Waals surface area contributed by atoms with Crippen molar-refractivity contribution in [1.29, 1.82) is 0 Å². The van der Waals surface area contributed by atoms with Crippen molar-refractivity contribution in [3.63, 3.8) is 0 Å². The van der Waals surface area contributed by atoms with Crippen molar-refractivity contribution < 1.29 is 32.7 Å². The number of pyridine rings is 1. The molecule has 0 aliphatic carbocycles. The summed E-state index contributed by atoms with van der Waals surface area (Å²) in [4.78, 5) is 23.4. The first-order valence-corrected chi connectivity index (χ1v) is 4.72. The van der Waals surface area contributed by atoms with Crippen LogP contribution in [-0.2, 0) is 11.2 Å². The van der Waals surface area contributed by atoms with Crippen LogP contribution < -0.4 is 4.74 Å². The lowest BCUT2D eigenvalue weighted by Gasteiger charge is -2.11. The molecule has 1 aromatic heterocycles. The number of aryl methyl sites for hydroxylation is 1. The fourth-order valence-electron chi connectivity index (χ4n) is 1.36. The maximum Gasteiger partial charge on any atom is 0.574 e. The van der Waals surface area contributed by atoms with E-state index in [-0.39, 0.29) is 11.1 Å². The van der Waals surface area contributed by atoms with Crippen molar-refractivity contribution in [2.45, 2.75) is 19.7 Å². The second kappa shape index (κ2) is 5.08. The minimum atomic E-state index is -5.16. The fourth-order valence-corrected chi connectivity index (χ4v) is 1.36. The molecule has 0 atom stereocenters. The Balaban J connectivity index is 3.40. The highest BCUT2D eigenvalue weighted by Crippen LogP contribution is 2.34. The lowest BCUT2D eigenvalue weighted by atomic mass is 10.1. The fraction of sp³-hybridized carbons (Fsp3) is 0.333. The van der Waals surface area contributed by atoms with Crippen LogP contribution in [0.4, 0.5) is 18.9 Å². The molecule has 0 unspecified atom stereocenters. The van der Waals surface area contributed by atoms with Crippen molar-refractivity contribution in [1.82, 2.24) is 4.98 Å². The van der Waals surface area contributed by atoms with Gasteiger partial charge in [-0.2, -0.15) is 0 Å². The molecule has 1 heterocycles. The molecular formula is C9H7F3N2O5. The van der Waals surface area contributed by atoms with Crippen LogP contribution in [0.2, 0.25) is 0 Å². The largest absolute Gasteiger partial charge is 0.574 e. The molecule has 19 heavy (non-hydrogen) atoms. The number of nitrogens with zero attached hydrogens (tertiary/aromatic N) is 2. The summed E-state index contributed by atoms with van der Waals surface area (Å²) in [5.74, 6) is -2.70. The van der Waals surface area contributed by atoms with Crippen LogP contribution in [0, 0.1) is 17.0 Å². The van der Waals surface area contributed by atoms with E-state index in [2.05, 4.69) is 9.72 Å². The van der Waals surface area contributed by atoms with Gasteiger partial charge < -0.3 is 9.84 Å². The zero-order valence-electron chi connectivity index (χ0n) is 9.39. The molecular weight excluding hydrogens is 273 g/mol. The van der Waals surface area contributed by atoms with Crippen LogP contribution >= 0.6 is 0 Å². The number of aliphatic carboxylic acids is 1. The highest BCUT2D eigenvalue weighted by molar-refractivity contribution is 5.73. The van der Waals surface area contributed by atoms with E-state index in [1.807, 2.05) is 0 Å². The van der Waals surface area contributed by atoms with Crippen LogP contribution in [0.25, 0.3) is 0 Å². The minimum absolute atomic E-state index is 0.0867. The van der Waals surface area contributed by atoms with E-state index in [1.54, 1.807) is 0 Å². The highest BCUT2D eigenvalue weighted by Gasteiger charge is 2.37. The monoisotopic (exact) mass is 280 g/mol. The van der Waals surface area contributed by atoms with Gasteiger partial charge in [-0.05, 0) is 12.5 Å². The topological polar surface area (TPSA) is 103 Å². The summed E-state index contributed by atoms with van der Waals surface area (Å²) in [6.45, 7) is 1.30. The quantitative estimate of drug-likeness (QED) is 0.666. The van der Waals surface area contributed by atoms with Gasteiger partial charge in [-0.25, -0.2) is 4.98 Å². The summed E-state index contributed by atoms with van der Waals surface area (Å²) in [6.07, 6.45) is -5.08. The van der Waals surface area contributed by atoms with Gasteiger partial charge in [-0.3, -0.25) is 14.9 Å². The predicted octanol–water partition coefficient (Wildman–Crippen LogP) is 1.82. The van der Waals surface area contributed by atoms with Crippen LogP contribution in [0.1, 0.15) is 11.1 Å². The summed E-state index contributed by atoms with van der Waals surface area (Å²) in [7, 11) is 0. The summed E-state index contributed by atoms with van der Waals surface area (Å²) in [5.41, 5.74) is -1.39. The molecule has 7 nitrogen and oxygen atoms in total. The van der Waals surface area contributed by atoms with Crippen molar-refractivity contribution in [3.05, 3.63) is 27.4 Å². The zero-order valence-corrected chi connectivity index (χ0v) is 9.39. The number of carbonyl (C=O) groups is 1. The van der Waals surface area contributed by atoms with Crippen LogP contribution in [0.5, 0.6) is 5.88 Å². The van der Waals surface area contributed by atoms with Gasteiger partial charge in [0.15, 0.2) is 0 Å². The number of rotatable bonds is 4. The van der Waals surface area contributed by atoms with E-state index in [0.717, 1.165) is 6.20 Å². The number of carboxylic acids is 1. The molecule has 1 N–H and O–H groups in total. The van der Waals surface area contributed by atoms with Crippen molar-refractivity contribution in [3.8, 4) is 5.88 Å². The predicted molar refractivity (Wildman–Crippen MR) is 53.7 cm³/mol. The van der Waals surface area contributed by atoms with Gasteiger partial charge >= 0.3 is 23.9 Å².